The standard InChI is InChI=1S/C19H13ClF3N3OS/c20-17-8-7-12(11-24-17)18(27)25-14-4-2-6-16(10-14)28-26-15-5-1-3-13(9-15)19(21,22)23/h1-11,26H,(H,25,27). The molecule has 28 heavy (non-hydrogen) atoms. The lowest BCUT2D eigenvalue weighted by Crippen LogP contribution is -2.12. The molecule has 1 heterocycles. The van der Waals surface area contributed by atoms with E-state index in [1.165, 1.54) is 18.3 Å². The summed E-state index contributed by atoms with van der Waals surface area (Å²) in [7, 11) is 0. The Morgan fingerprint density at radius 3 is 2.46 bits per heavy atom. The number of carbonyl (C=O) groups is 1. The highest BCUT2D eigenvalue weighted by Crippen LogP contribution is 2.32. The zero-order chi connectivity index (χ0) is 20.1. The van der Waals surface area contributed by atoms with Gasteiger partial charge in [0.25, 0.3) is 5.91 Å². The second kappa shape index (κ2) is 8.53. The molecule has 0 aliphatic carbocycles. The zero-order valence-electron chi connectivity index (χ0n) is 14.1. The number of carbonyl (C=O) groups excluding carboxylic acids is 1. The predicted octanol–water partition coefficient (Wildman–Crippen LogP) is 6.13. The van der Waals surface area contributed by atoms with E-state index in [0.717, 1.165) is 24.1 Å². The number of alkyl halides is 3. The van der Waals surface area contributed by atoms with Crippen molar-refractivity contribution in [2.75, 3.05) is 10.0 Å². The molecule has 0 saturated carbocycles. The summed E-state index contributed by atoms with van der Waals surface area (Å²) >= 11 is 6.84. The van der Waals surface area contributed by atoms with Crippen molar-refractivity contribution in [1.82, 2.24) is 4.98 Å². The molecule has 1 aromatic heterocycles. The van der Waals surface area contributed by atoms with Crippen LogP contribution in [0.15, 0.2) is 71.8 Å². The Balaban J connectivity index is 1.65. The number of hydrogen-bond acceptors (Lipinski definition) is 4. The molecule has 0 unspecified atom stereocenters. The molecule has 2 N–H and O–H groups in total. The van der Waals surface area contributed by atoms with E-state index in [9.17, 15) is 18.0 Å². The van der Waals surface area contributed by atoms with Gasteiger partial charge in [0.2, 0.25) is 0 Å². The van der Waals surface area contributed by atoms with E-state index < -0.39 is 11.7 Å². The van der Waals surface area contributed by atoms with Crippen molar-refractivity contribution >= 4 is 40.8 Å². The number of halogens is 4. The third-order valence-electron chi connectivity index (χ3n) is 3.56. The minimum atomic E-state index is -4.40. The van der Waals surface area contributed by atoms with Gasteiger partial charge in [-0.3, -0.25) is 4.79 Å². The summed E-state index contributed by atoms with van der Waals surface area (Å²) < 4.78 is 41.2. The molecule has 144 valence electrons. The number of nitrogens with zero attached hydrogens (tertiary/aromatic N) is 1. The van der Waals surface area contributed by atoms with Gasteiger partial charge in [-0.2, -0.15) is 13.2 Å². The highest BCUT2D eigenvalue weighted by atomic mass is 35.5. The monoisotopic (exact) mass is 423 g/mol. The van der Waals surface area contributed by atoms with E-state index in [1.807, 2.05) is 0 Å². The summed E-state index contributed by atoms with van der Waals surface area (Å²) in [6.07, 6.45) is -3.03. The lowest BCUT2D eigenvalue weighted by Gasteiger charge is -2.11. The first kappa shape index (κ1) is 20.0. The minimum absolute atomic E-state index is 0.288. The van der Waals surface area contributed by atoms with E-state index >= 15 is 0 Å². The summed E-state index contributed by atoms with van der Waals surface area (Å²) in [4.78, 5) is 16.8. The molecule has 3 rings (SSSR count). The normalized spacial score (nSPS) is 11.1. The molecule has 0 bridgehead atoms. The highest BCUT2D eigenvalue weighted by Gasteiger charge is 2.30. The van der Waals surface area contributed by atoms with Crippen LogP contribution in [0.1, 0.15) is 15.9 Å². The van der Waals surface area contributed by atoms with Gasteiger partial charge in [0.1, 0.15) is 5.15 Å². The Labute approximate surface area is 168 Å². The van der Waals surface area contributed by atoms with Crippen LogP contribution in [0.4, 0.5) is 24.5 Å². The fourth-order valence-electron chi connectivity index (χ4n) is 2.23. The van der Waals surface area contributed by atoms with Gasteiger partial charge in [-0.15, -0.1) is 0 Å². The van der Waals surface area contributed by atoms with Crippen molar-refractivity contribution in [2.45, 2.75) is 11.1 Å². The maximum atomic E-state index is 12.8. The van der Waals surface area contributed by atoms with Crippen LogP contribution in [-0.2, 0) is 6.18 Å². The van der Waals surface area contributed by atoms with Crippen LogP contribution in [0.2, 0.25) is 5.15 Å². The van der Waals surface area contributed by atoms with E-state index in [4.69, 9.17) is 11.6 Å². The molecule has 4 nitrogen and oxygen atoms in total. The fourth-order valence-corrected chi connectivity index (χ4v) is 3.03. The number of rotatable bonds is 5. The molecule has 1 amide bonds. The van der Waals surface area contributed by atoms with Crippen molar-refractivity contribution in [3.8, 4) is 0 Å². The van der Waals surface area contributed by atoms with Crippen LogP contribution in [0.3, 0.4) is 0 Å². The summed E-state index contributed by atoms with van der Waals surface area (Å²) in [5, 5.41) is 3.02. The van der Waals surface area contributed by atoms with Crippen LogP contribution in [-0.4, -0.2) is 10.9 Å². The largest absolute Gasteiger partial charge is 0.416 e. The molecule has 0 fully saturated rings. The number of aromatic nitrogens is 1. The summed E-state index contributed by atoms with van der Waals surface area (Å²) in [5.74, 6) is -0.350. The van der Waals surface area contributed by atoms with Crippen molar-refractivity contribution in [3.63, 3.8) is 0 Å². The van der Waals surface area contributed by atoms with Gasteiger partial charge < -0.3 is 10.0 Å². The number of anilines is 2. The first-order valence-corrected chi connectivity index (χ1v) is 9.14. The molecular formula is C19H13ClF3N3OS. The second-order valence-electron chi connectivity index (χ2n) is 5.63. The number of pyridine rings is 1. The van der Waals surface area contributed by atoms with Crippen LogP contribution >= 0.6 is 23.5 Å². The van der Waals surface area contributed by atoms with Gasteiger partial charge >= 0.3 is 6.18 Å². The number of nitrogens with one attached hydrogen (secondary N) is 2. The molecule has 0 spiro atoms. The van der Waals surface area contributed by atoms with Gasteiger partial charge in [0.15, 0.2) is 0 Å². The van der Waals surface area contributed by atoms with Crippen molar-refractivity contribution in [2.24, 2.45) is 0 Å². The third kappa shape index (κ3) is 5.40. The van der Waals surface area contributed by atoms with Crippen LogP contribution < -0.4 is 10.0 Å². The Kier molecular flexibility index (Phi) is 6.11. The van der Waals surface area contributed by atoms with Crippen molar-refractivity contribution in [1.29, 1.82) is 0 Å². The lowest BCUT2D eigenvalue weighted by molar-refractivity contribution is -0.137. The molecule has 0 aliphatic heterocycles. The topological polar surface area (TPSA) is 54.0 Å². The molecule has 0 saturated heterocycles. The Morgan fingerprint density at radius 2 is 1.75 bits per heavy atom. The van der Waals surface area contributed by atoms with E-state index in [1.54, 1.807) is 36.4 Å². The highest BCUT2D eigenvalue weighted by molar-refractivity contribution is 8.00. The van der Waals surface area contributed by atoms with Crippen molar-refractivity contribution in [3.05, 3.63) is 83.1 Å². The summed E-state index contributed by atoms with van der Waals surface area (Å²) in [6.45, 7) is 0. The SMILES string of the molecule is O=C(Nc1cccc(SNc2cccc(C(F)(F)F)c2)c1)c1ccc(Cl)nc1. The van der Waals surface area contributed by atoms with E-state index in [0.29, 0.717) is 21.8 Å². The lowest BCUT2D eigenvalue weighted by atomic mass is 10.2. The third-order valence-corrected chi connectivity index (χ3v) is 4.61. The second-order valence-corrected chi connectivity index (χ2v) is 6.90. The Hall–Kier alpha value is -2.71. The van der Waals surface area contributed by atoms with Crippen LogP contribution in [0.25, 0.3) is 0 Å². The molecular weight excluding hydrogens is 411 g/mol. The molecule has 0 aliphatic rings. The van der Waals surface area contributed by atoms with Gasteiger partial charge in [-0.25, -0.2) is 4.98 Å². The average Bonchev–Trinajstić information content (AvgIpc) is 2.67. The van der Waals surface area contributed by atoms with Gasteiger partial charge in [-0.1, -0.05) is 23.7 Å². The number of hydrogen-bond donors (Lipinski definition) is 2. The number of benzene rings is 2. The van der Waals surface area contributed by atoms with Gasteiger partial charge in [0.05, 0.1) is 11.1 Å². The van der Waals surface area contributed by atoms with E-state index in [2.05, 4.69) is 15.0 Å². The molecule has 9 heteroatoms. The Bertz CT molecular complexity index is 981. The average molecular weight is 424 g/mol. The zero-order valence-corrected chi connectivity index (χ0v) is 15.7. The van der Waals surface area contributed by atoms with Crippen LogP contribution in [0.5, 0.6) is 0 Å². The number of amides is 1. The maximum absolute atomic E-state index is 12.8. The predicted molar refractivity (Wildman–Crippen MR) is 105 cm³/mol. The summed E-state index contributed by atoms with van der Waals surface area (Å²) in [6, 6.07) is 14.9. The quantitative estimate of drug-likeness (QED) is 0.383. The molecule has 2 aromatic carbocycles. The van der Waals surface area contributed by atoms with E-state index in [-0.39, 0.29) is 11.1 Å². The maximum Gasteiger partial charge on any atom is 0.416 e. The molecule has 0 atom stereocenters. The Morgan fingerprint density at radius 1 is 1.00 bits per heavy atom. The molecule has 3 aromatic rings. The first-order chi connectivity index (χ1) is 13.3. The van der Waals surface area contributed by atoms with Crippen molar-refractivity contribution < 1.29 is 18.0 Å². The minimum Gasteiger partial charge on any atom is -0.326 e. The summed E-state index contributed by atoms with van der Waals surface area (Å²) in [5.41, 5.74) is 0.484. The van der Waals surface area contributed by atoms with Gasteiger partial charge in [-0.05, 0) is 60.5 Å². The van der Waals surface area contributed by atoms with Gasteiger partial charge in [0, 0.05) is 22.5 Å². The smallest absolute Gasteiger partial charge is 0.326 e. The first-order valence-electron chi connectivity index (χ1n) is 7.94. The fraction of sp³-hybridized carbons (Fsp3) is 0.0526. The van der Waals surface area contributed by atoms with Crippen LogP contribution in [0, 0.1) is 0 Å². The molecule has 0 radical (unpaired) electrons.